The Morgan fingerprint density at radius 1 is 1.24 bits per heavy atom. The highest BCUT2D eigenvalue weighted by molar-refractivity contribution is 5.94. The Bertz CT molecular complexity index is 459. The van der Waals surface area contributed by atoms with Gasteiger partial charge in [0.25, 0.3) is 0 Å². The van der Waals surface area contributed by atoms with Crippen LogP contribution in [-0.2, 0) is 10.2 Å². The van der Waals surface area contributed by atoms with E-state index < -0.39 is 0 Å². The molecule has 4 saturated heterocycles. The number of hydrogen-bond acceptors (Lipinski definition) is 4. The molecule has 5 rings (SSSR count). The van der Waals surface area contributed by atoms with Crippen molar-refractivity contribution < 1.29 is 4.79 Å². The third-order valence-electron chi connectivity index (χ3n) is 4.34. The van der Waals surface area contributed by atoms with Crippen LogP contribution in [0.15, 0.2) is 24.4 Å². The van der Waals surface area contributed by atoms with Crippen molar-refractivity contribution in [2.75, 3.05) is 32.8 Å². The summed E-state index contributed by atoms with van der Waals surface area (Å²) in [5, 5.41) is 0. The summed E-state index contributed by atoms with van der Waals surface area (Å²) in [6.45, 7) is 4.64. The molecule has 0 aromatic carbocycles. The molecule has 0 radical (unpaired) electrons. The summed E-state index contributed by atoms with van der Waals surface area (Å²) >= 11 is 0. The van der Waals surface area contributed by atoms with Gasteiger partial charge in [-0.05, 0) is 12.1 Å². The fraction of sp³-hybridized carbons (Fsp3) is 0.538. The lowest BCUT2D eigenvalue weighted by Crippen LogP contribution is -2.73. The third kappa shape index (κ3) is 1.20. The molecule has 0 saturated carbocycles. The van der Waals surface area contributed by atoms with Crippen LogP contribution < -0.4 is 0 Å². The van der Waals surface area contributed by atoms with E-state index in [4.69, 9.17) is 0 Å². The van der Waals surface area contributed by atoms with Crippen molar-refractivity contribution >= 4 is 5.78 Å². The molecule has 0 spiro atoms. The van der Waals surface area contributed by atoms with E-state index in [2.05, 4.69) is 14.8 Å². The van der Waals surface area contributed by atoms with Gasteiger partial charge >= 0.3 is 0 Å². The van der Waals surface area contributed by atoms with Crippen molar-refractivity contribution in [3.05, 3.63) is 30.1 Å². The Hall–Kier alpha value is -1.26. The number of hydrogen-bond donors (Lipinski definition) is 0. The quantitative estimate of drug-likeness (QED) is 0.685. The minimum Gasteiger partial charge on any atom is -0.298 e. The van der Waals surface area contributed by atoms with Gasteiger partial charge in [-0.3, -0.25) is 19.6 Å². The van der Waals surface area contributed by atoms with Gasteiger partial charge in [0, 0.05) is 38.3 Å². The van der Waals surface area contributed by atoms with Crippen LogP contribution >= 0.6 is 0 Å². The van der Waals surface area contributed by atoms with Crippen LogP contribution in [0.4, 0.5) is 0 Å². The zero-order chi connectivity index (χ0) is 11.5. The van der Waals surface area contributed by atoms with Gasteiger partial charge in [0.15, 0.2) is 5.78 Å². The largest absolute Gasteiger partial charge is 0.298 e. The lowest BCUT2D eigenvalue weighted by molar-refractivity contribution is -0.154. The Morgan fingerprint density at radius 3 is 2.65 bits per heavy atom. The highest BCUT2D eigenvalue weighted by Crippen LogP contribution is 2.40. The first-order chi connectivity index (χ1) is 8.28. The van der Waals surface area contributed by atoms with Crippen LogP contribution in [0.3, 0.4) is 0 Å². The van der Waals surface area contributed by atoms with Crippen molar-refractivity contribution in [3.8, 4) is 0 Å². The molecule has 4 bridgehead atoms. The van der Waals surface area contributed by atoms with Crippen molar-refractivity contribution in [3.63, 3.8) is 0 Å². The van der Waals surface area contributed by atoms with Crippen LogP contribution in [0, 0.1) is 5.92 Å². The Balaban J connectivity index is 1.84. The van der Waals surface area contributed by atoms with Gasteiger partial charge in [-0.1, -0.05) is 6.07 Å². The van der Waals surface area contributed by atoms with E-state index in [0.717, 1.165) is 38.5 Å². The first-order valence-electron chi connectivity index (χ1n) is 6.18. The van der Waals surface area contributed by atoms with Gasteiger partial charge in [0.1, 0.15) is 0 Å². The van der Waals surface area contributed by atoms with Crippen LogP contribution in [0.2, 0.25) is 0 Å². The average Bonchev–Trinajstić information content (AvgIpc) is 2.36. The number of carbonyl (C=O) groups is 1. The standard InChI is InChI=1S/C13H15N3O/c17-12-10-5-15-7-13(12,8-16(6-10)9-15)11-3-1-2-4-14-11/h1-4,10H,5-9H2. The summed E-state index contributed by atoms with van der Waals surface area (Å²) in [6, 6.07) is 5.90. The van der Waals surface area contributed by atoms with Crippen LogP contribution in [0.5, 0.6) is 0 Å². The Kier molecular flexibility index (Phi) is 1.80. The number of aromatic nitrogens is 1. The van der Waals surface area contributed by atoms with Crippen LogP contribution in [-0.4, -0.2) is 53.4 Å². The normalized spacial score (nSPS) is 43.1. The highest BCUT2D eigenvalue weighted by Gasteiger charge is 2.57. The van der Waals surface area contributed by atoms with E-state index in [9.17, 15) is 4.79 Å². The minimum absolute atomic E-state index is 0.202. The molecule has 5 heterocycles. The van der Waals surface area contributed by atoms with E-state index in [1.54, 1.807) is 6.20 Å². The molecular formula is C13H15N3O. The summed E-state index contributed by atoms with van der Waals surface area (Å²) < 4.78 is 0. The molecule has 88 valence electrons. The third-order valence-corrected chi connectivity index (χ3v) is 4.34. The predicted octanol–water partition coefficient (Wildman–Crippen LogP) is 0.107. The molecule has 4 nitrogen and oxygen atoms in total. The molecule has 0 aliphatic carbocycles. The van der Waals surface area contributed by atoms with E-state index in [1.807, 2.05) is 18.2 Å². The predicted molar refractivity (Wildman–Crippen MR) is 62.4 cm³/mol. The van der Waals surface area contributed by atoms with Crippen LogP contribution in [0.25, 0.3) is 0 Å². The second-order valence-electron chi connectivity index (χ2n) is 5.52. The molecule has 17 heavy (non-hydrogen) atoms. The first-order valence-corrected chi connectivity index (χ1v) is 6.18. The van der Waals surface area contributed by atoms with Gasteiger partial charge in [0.2, 0.25) is 0 Å². The highest BCUT2D eigenvalue weighted by atomic mass is 16.1. The number of ketones is 1. The molecule has 2 unspecified atom stereocenters. The molecule has 4 aliphatic heterocycles. The number of pyridine rings is 1. The average molecular weight is 229 g/mol. The smallest absolute Gasteiger partial charge is 0.153 e. The van der Waals surface area contributed by atoms with Gasteiger partial charge < -0.3 is 0 Å². The van der Waals surface area contributed by atoms with E-state index in [-0.39, 0.29) is 11.3 Å². The molecule has 0 amide bonds. The maximum absolute atomic E-state index is 12.6. The van der Waals surface area contributed by atoms with E-state index >= 15 is 0 Å². The molecule has 1 aromatic heterocycles. The zero-order valence-electron chi connectivity index (χ0n) is 9.67. The number of rotatable bonds is 1. The number of carbonyl (C=O) groups excluding carboxylic acids is 1. The molecule has 2 atom stereocenters. The first kappa shape index (κ1) is 9.74. The second kappa shape index (κ2) is 3.15. The zero-order valence-corrected chi connectivity index (χ0v) is 9.67. The molecule has 1 aromatic rings. The summed E-state index contributed by atoms with van der Waals surface area (Å²) in [4.78, 5) is 21.8. The molecular weight excluding hydrogens is 214 g/mol. The van der Waals surface area contributed by atoms with Gasteiger partial charge in [-0.2, -0.15) is 0 Å². The van der Waals surface area contributed by atoms with E-state index in [1.165, 1.54) is 0 Å². The molecule has 4 aliphatic rings. The Morgan fingerprint density at radius 2 is 2.00 bits per heavy atom. The summed E-state index contributed by atoms with van der Waals surface area (Å²) in [6.07, 6.45) is 1.80. The number of nitrogens with zero attached hydrogens (tertiary/aromatic N) is 3. The maximum atomic E-state index is 12.6. The topological polar surface area (TPSA) is 36.4 Å². The number of Topliss-reactive ketones (excluding diaryl/α,β-unsaturated/α-hetero) is 1. The van der Waals surface area contributed by atoms with Crippen molar-refractivity contribution in [1.82, 2.24) is 14.8 Å². The lowest BCUT2D eigenvalue weighted by atomic mass is 9.67. The molecule has 4 heteroatoms. The summed E-state index contributed by atoms with van der Waals surface area (Å²) in [7, 11) is 0. The monoisotopic (exact) mass is 229 g/mol. The molecule has 4 fully saturated rings. The van der Waals surface area contributed by atoms with Gasteiger partial charge in [0.05, 0.1) is 17.8 Å². The minimum atomic E-state index is -0.347. The van der Waals surface area contributed by atoms with Crippen LogP contribution in [0.1, 0.15) is 5.69 Å². The summed E-state index contributed by atoms with van der Waals surface area (Å²) in [5.41, 5.74) is 0.616. The number of piperidine rings is 2. The van der Waals surface area contributed by atoms with Gasteiger partial charge in [-0.15, -0.1) is 0 Å². The molecule has 0 N–H and O–H groups in total. The fourth-order valence-electron chi connectivity index (χ4n) is 3.77. The van der Waals surface area contributed by atoms with Crippen molar-refractivity contribution in [2.45, 2.75) is 5.41 Å². The summed E-state index contributed by atoms with van der Waals surface area (Å²) in [5.74, 6) is 0.622. The Labute approximate surface area is 100 Å². The maximum Gasteiger partial charge on any atom is 0.153 e. The van der Waals surface area contributed by atoms with Crippen molar-refractivity contribution in [1.29, 1.82) is 0 Å². The van der Waals surface area contributed by atoms with E-state index in [0.29, 0.717) is 5.78 Å². The SMILES string of the molecule is O=C1C2CN3CN(C2)CC1(c1ccccn1)C3. The van der Waals surface area contributed by atoms with Gasteiger partial charge in [-0.25, -0.2) is 0 Å². The van der Waals surface area contributed by atoms with Crippen molar-refractivity contribution in [2.24, 2.45) is 5.92 Å². The lowest BCUT2D eigenvalue weighted by Gasteiger charge is -2.57. The fourth-order valence-corrected chi connectivity index (χ4v) is 3.77. The second-order valence-corrected chi connectivity index (χ2v) is 5.52.